The number of carbonyl (C=O) groups is 1. The van der Waals surface area contributed by atoms with Gasteiger partial charge >= 0.3 is 5.97 Å². The molecule has 0 saturated carbocycles. The number of allylic oxidation sites excluding steroid dienone is 3. The fourth-order valence-corrected chi connectivity index (χ4v) is 5.35. The maximum Gasteiger partial charge on any atom is 0.333 e. The molecule has 0 amide bonds. The molecule has 2 heterocycles. The van der Waals surface area contributed by atoms with Gasteiger partial charge in [0.1, 0.15) is 48.8 Å². The van der Waals surface area contributed by atoms with Crippen LogP contribution in [0.1, 0.15) is 59.8 Å². The summed E-state index contributed by atoms with van der Waals surface area (Å²) < 4.78 is 27.8. The van der Waals surface area contributed by atoms with Gasteiger partial charge in [-0.25, -0.2) is 4.79 Å². The second kappa shape index (κ2) is 19.2. The lowest BCUT2D eigenvalue weighted by molar-refractivity contribution is -0.375. The highest BCUT2D eigenvalue weighted by molar-refractivity contribution is 5.87. The highest BCUT2D eigenvalue weighted by Gasteiger charge is 2.51. The normalized spacial score (nSPS) is 34.4. The lowest BCUT2D eigenvalue weighted by Crippen LogP contribution is -2.65. The number of methoxy groups -OCH3 is 1. The van der Waals surface area contributed by atoms with Crippen LogP contribution in [-0.4, -0.2) is 140 Å². The first-order valence-electron chi connectivity index (χ1n) is 15.8. The molecule has 0 aliphatic carbocycles. The highest BCUT2D eigenvalue weighted by Crippen LogP contribution is 2.33. The Labute approximate surface area is 276 Å². The Morgan fingerprint density at radius 3 is 2.02 bits per heavy atom. The molecule has 0 aromatic carbocycles. The van der Waals surface area contributed by atoms with Crippen LogP contribution in [0.3, 0.4) is 0 Å². The van der Waals surface area contributed by atoms with Gasteiger partial charge in [0.2, 0.25) is 0 Å². The minimum atomic E-state index is -1.77. The molecule has 2 rings (SSSR count). The molecule has 0 radical (unpaired) electrons. The van der Waals surface area contributed by atoms with E-state index in [0.717, 1.165) is 24.0 Å². The SMILES string of the molecule is C=C[C@@](C)(CC/C=C(\C)CC/C=C(\C)C[C@@H](O)/C=C(\C)C(=O)OC)O[C@@H]1O[C@H](CO)[C@@H](O)[C@H](O)[C@H]1O[C@@H]1O[C@H](CO)[C@@H](O)[C@H](O)[C@H]1O. The maximum absolute atomic E-state index is 11.5. The standard InChI is InChI=1S/C33H54O14/c1-7-33(5,13-9-12-18(2)10-8-11-19(3)14-21(36)15-20(4)30(42)43-6)47-32-29(27(40)25(38)23(17-35)45-32)46-31-28(41)26(39)24(37)22(16-34)44-31/h7,11-12,15,21-29,31-32,34-41H,1,8-10,13-14,16-17H2,2-6H3/b18-12+,19-11+,20-15+/t21-,22-,23-,24-,25-,26+,27+,28-,29-,31+,32+,33+/m1/s1. The van der Waals surface area contributed by atoms with Crippen molar-refractivity contribution in [2.24, 2.45) is 0 Å². The topological polar surface area (TPSA) is 225 Å². The predicted octanol–water partition coefficient (Wildman–Crippen LogP) is -0.105. The van der Waals surface area contributed by atoms with Gasteiger partial charge in [0.05, 0.1) is 32.0 Å². The Kier molecular flexibility index (Phi) is 16.8. The van der Waals surface area contributed by atoms with Gasteiger partial charge in [0, 0.05) is 5.57 Å². The van der Waals surface area contributed by atoms with E-state index in [0.29, 0.717) is 24.8 Å². The summed E-state index contributed by atoms with van der Waals surface area (Å²) in [6, 6.07) is 0. The van der Waals surface area contributed by atoms with E-state index in [9.17, 15) is 45.6 Å². The first-order chi connectivity index (χ1) is 22.1. The lowest BCUT2D eigenvalue weighted by Gasteiger charge is -2.47. The van der Waals surface area contributed by atoms with Crippen molar-refractivity contribution in [2.45, 2.75) is 133 Å². The largest absolute Gasteiger partial charge is 0.466 e. The number of aliphatic hydroxyl groups excluding tert-OH is 8. The van der Waals surface area contributed by atoms with E-state index in [2.05, 4.69) is 11.3 Å². The summed E-state index contributed by atoms with van der Waals surface area (Å²) in [5, 5.41) is 81.6. The maximum atomic E-state index is 11.5. The summed E-state index contributed by atoms with van der Waals surface area (Å²) in [6.07, 6.45) is -6.28. The average molecular weight is 675 g/mol. The first-order valence-corrected chi connectivity index (χ1v) is 15.8. The third-order valence-corrected chi connectivity index (χ3v) is 8.43. The summed E-state index contributed by atoms with van der Waals surface area (Å²) in [5.74, 6) is -0.484. The zero-order chi connectivity index (χ0) is 35.5. The third kappa shape index (κ3) is 11.8. The van der Waals surface area contributed by atoms with Crippen molar-refractivity contribution in [1.82, 2.24) is 0 Å². The van der Waals surface area contributed by atoms with Crippen LogP contribution in [0.4, 0.5) is 0 Å². The van der Waals surface area contributed by atoms with E-state index in [4.69, 9.17) is 18.9 Å². The predicted molar refractivity (Wildman–Crippen MR) is 168 cm³/mol. The number of hydrogen-bond acceptors (Lipinski definition) is 14. The van der Waals surface area contributed by atoms with E-state index in [-0.39, 0.29) is 0 Å². The zero-order valence-corrected chi connectivity index (χ0v) is 27.8. The van der Waals surface area contributed by atoms with E-state index in [1.54, 1.807) is 19.9 Å². The summed E-state index contributed by atoms with van der Waals surface area (Å²) in [4.78, 5) is 11.5. The monoisotopic (exact) mass is 674 g/mol. The van der Waals surface area contributed by atoms with Crippen molar-refractivity contribution >= 4 is 5.97 Å². The molecule has 14 nitrogen and oxygen atoms in total. The number of carbonyl (C=O) groups excluding carboxylic acids is 1. The third-order valence-electron chi connectivity index (χ3n) is 8.43. The van der Waals surface area contributed by atoms with Crippen molar-refractivity contribution in [3.8, 4) is 0 Å². The fourth-order valence-electron chi connectivity index (χ4n) is 5.35. The van der Waals surface area contributed by atoms with Crippen molar-refractivity contribution in [3.63, 3.8) is 0 Å². The molecule has 2 aliphatic rings. The van der Waals surface area contributed by atoms with Gasteiger partial charge in [0.25, 0.3) is 0 Å². The molecule has 12 atom stereocenters. The van der Waals surface area contributed by atoms with Crippen LogP contribution >= 0.6 is 0 Å². The van der Waals surface area contributed by atoms with Crippen molar-refractivity contribution in [2.75, 3.05) is 20.3 Å². The Hall–Kier alpha value is -2.05. The second-order valence-electron chi connectivity index (χ2n) is 12.4. The van der Waals surface area contributed by atoms with Crippen LogP contribution in [0.2, 0.25) is 0 Å². The molecule has 0 bridgehead atoms. The van der Waals surface area contributed by atoms with E-state index in [1.165, 1.54) is 13.2 Å². The van der Waals surface area contributed by atoms with E-state index < -0.39 is 92.3 Å². The number of esters is 1. The Morgan fingerprint density at radius 1 is 0.872 bits per heavy atom. The summed E-state index contributed by atoms with van der Waals surface area (Å²) in [6.45, 7) is 9.75. The molecule has 2 aliphatic heterocycles. The minimum Gasteiger partial charge on any atom is -0.466 e. The number of ether oxygens (including phenoxy) is 5. The minimum absolute atomic E-state index is 0.343. The summed E-state index contributed by atoms with van der Waals surface area (Å²) in [5.41, 5.74) is 1.38. The van der Waals surface area contributed by atoms with Crippen LogP contribution in [0.15, 0.2) is 47.6 Å². The van der Waals surface area contributed by atoms with Crippen molar-refractivity contribution in [1.29, 1.82) is 0 Å². The molecule has 0 spiro atoms. The number of aliphatic hydroxyl groups is 8. The van der Waals surface area contributed by atoms with Gasteiger partial charge in [-0.2, -0.15) is 0 Å². The van der Waals surface area contributed by atoms with Gasteiger partial charge in [-0.3, -0.25) is 0 Å². The highest BCUT2D eigenvalue weighted by atomic mass is 16.8. The van der Waals surface area contributed by atoms with E-state index >= 15 is 0 Å². The summed E-state index contributed by atoms with van der Waals surface area (Å²) >= 11 is 0. The molecule has 8 N–H and O–H groups in total. The quantitative estimate of drug-likeness (QED) is 0.0573. The number of hydrogen-bond donors (Lipinski definition) is 8. The summed E-state index contributed by atoms with van der Waals surface area (Å²) in [7, 11) is 1.29. The molecule has 47 heavy (non-hydrogen) atoms. The van der Waals surface area contributed by atoms with Crippen molar-refractivity contribution < 1.29 is 69.3 Å². The van der Waals surface area contributed by atoms with Crippen LogP contribution in [0, 0.1) is 0 Å². The number of rotatable bonds is 17. The zero-order valence-electron chi connectivity index (χ0n) is 27.8. The van der Waals surface area contributed by atoms with Gasteiger partial charge < -0.3 is 64.5 Å². The van der Waals surface area contributed by atoms with Crippen LogP contribution in [-0.2, 0) is 28.5 Å². The van der Waals surface area contributed by atoms with Gasteiger partial charge in [-0.05, 0) is 65.9 Å². The molecule has 0 unspecified atom stereocenters. The molecule has 2 fully saturated rings. The van der Waals surface area contributed by atoms with Gasteiger partial charge in [0.15, 0.2) is 12.6 Å². The molecule has 14 heteroatoms. The van der Waals surface area contributed by atoms with E-state index in [1.807, 2.05) is 26.0 Å². The lowest BCUT2D eigenvalue weighted by atomic mass is 9.95. The molecule has 2 saturated heterocycles. The average Bonchev–Trinajstić information content (AvgIpc) is 3.03. The Bertz CT molecular complexity index is 1090. The Morgan fingerprint density at radius 2 is 1.45 bits per heavy atom. The molecule has 270 valence electrons. The van der Waals surface area contributed by atoms with Gasteiger partial charge in [-0.1, -0.05) is 29.4 Å². The van der Waals surface area contributed by atoms with Crippen LogP contribution in [0.25, 0.3) is 0 Å². The van der Waals surface area contributed by atoms with Crippen molar-refractivity contribution in [3.05, 3.63) is 47.6 Å². The molecule has 0 aromatic rings. The molecule has 0 aromatic heterocycles. The second-order valence-corrected chi connectivity index (χ2v) is 12.4. The van der Waals surface area contributed by atoms with Crippen LogP contribution < -0.4 is 0 Å². The Balaban J connectivity index is 2.04. The van der Waals surface area contributed by atoms with Gasteiger partial charge in [-0.15, -0.1) is 6.58 Å². The van der Waals surface area contributed by atoms with Crippen LogP contribution in [0.5, 0.6) is 0 Å². The smallest absolute Gasteiger partial charge is 0.333 e. The molecular weight excluding hydrogens is 620 g/mol. The molecular formula is C33H54O14. The first kappa shape index (κ1) is 41.1. The fraction of sp³-hybridized carbons (Fsp3) is 0.727.